The molecule has 0 radical (unpaired) electrons. The van der Waals surface area contributed by atoms with Gasteiger partial charge in [-0.2, -0.15) is 0 Å². The molecule has 2 N–H and O–H groups in total. The first-order valence-electron chi connectivity index (χ1n) is 8.22. The van der Waals surface area contributed by atoms with Gasteiger partial charge in [0, 0.05) is 12.5 Å². The maximum Gasteiger partial charge on any atom is 0.294 e. The van der Waals surface area contributed by atoms with Crippen molar-refractivity contribution in [2.24, 2.45) is 5.73 Å². The summed E-state index contributed by atoms with van der Waals surface area (Å²) in [6.45, 7) is 4.41. The molecule has 1 aliphatic heterocycles. The minimum Gasteiger partial charge on any atom is -0.368 e. The van der Waals surface area contributed by atoms with Crippen molar-refractivity contribution < 1.29 is 9.59 Å². The lowest BCUT2D eigenvalue weighted by molar-refractivity contribution is -0.121. The summed E-state index contributed by atoms with van der Waals surface area (Å²) in [5, 5.41) is 4.90. The average Bonchev–Trinajstić information content (AvgIpc) is 3.22. The van der Waals surface area contributed by atoms with E-state index in [1.807, 2.05) is 32.0 Å². The molecule has 1 aromatic heterocycles. The van der Waals surface area contributed by atoms with Gasteiger partial charge in [-0.3, -0.25) is 9.59 Å². The lowest BCUT2D eigenvalue weighted by Gasteiger charge is -2.20. The van der Waals surface area contributed by atoms with Crippen LogP contribution in [0.25, 0.3) is 5.69 Å². The summed E-state index contributed by atoms with van der Waals surface area (Å²) in [7, 11) is 0. The third-order valence-corrected chi connectivity index (χ3v) is 4.58. The fourth-order valence-electron chi connectivity index (χ4n) is 3.02. The molecule has 1 fully saturated rings. The van der Waals surface area contributed by atoms with Crippen LogP contribution in [-0.2, 0) is 4.79 Å². The van der Waals surface area contributed by atoms with Gasteiger partial charge in [0.1, 0.15) is 11.9 Å². The molecule has 0 aliphatic carbocycles. The van der Waals surface area contributed by atoms with E-state index in [1.165, 1.54) is 4.90 Å². The lowest BCUT2D eigenvalue weighted by Crippen LogP contribution is -2.44. The highest BCUT2D eigenvalue weighted by molar-refractivity contribution is 6.32. The summed E-state index contributed by atoms with van der Waals surface area (Å²) >= 11 is 6.27. The van der Waals surface area contributed by atoms with E-state index in [0.717, 1.165) is 6.42 Å². The molecule has 3 rings (SSSR count). The Balaban J connectivity index is 2.01. The number of carbonyl (C=O) groups is 2. The van der Waals surface area contributed by atoms with Crippen LogP contribution in [0.3, 0.4) is 0 Å². The van der Waals surface area contributed by atoms with E-state index in [1.54, 1.807) is 10.7 Å². The molecule has 1 saturated heterocycles. The molecule has 7 nitrogen and oxygen atoms in total. The Morgan fingerprint density at radius 3 is 2.68 bits per heavy atom. The van der Waals surface area contributed by atoms with Gasteiger partial charge in [-0.15, -0.1) is 5.10 Å². The van der Waals surface area contributed by atoms with Crippen molar-refractivity contribution in [3.8, 4) is 5.69 Å². The second kappa shape index (κ2) is 6.84. The average molecular weight is 362 g/mol. The van der Waals surface area contributed by atoms with Crippen LogP contribution in [0, 0.1) is 0 Å². The number of para-hydroxylation sites is 1. The number of halogens is 1. The molecule has 0 bridgehead atoms. The van der Waals surface area contributed by atoms with Crippen LogP contribution >= 0.6 is 11.6 Å². The van der Waals surface area contributed by atoms with Crippen LogP contribution in [0.4, 0.5) is 0 Å². The zero-order valence-electron chi connectivity index (χ0n) is 14.1. The van der Waals surface area contributed by atoms with Crippen LogP contribution < -0.4 is 5.73 Å². The van der Waals surface area contributed by atoms with Crippen LogP contribution in [0.5, 0.6) is 0 Å². The quantitative estimate of drug-likeness (QED) is 0.902. The Morgan fingerprint density at radius 1 is 1.32 bits per heavy atom. The zero-order chi connectivity index (χ0) is 18.1. The third kappa shape index (κ3) is 3.24. The topological polar surface area (TPSA) is 94.1 Å². The van der Waals surface area contributed by atoms with Gasteiger partial charge in [0.25, 0.3) is 5.91 Å². The van der Waals surface area contributed by atoms with Gasteiger partial charge in [0.15, 0.2) is 0 Å². The molecule has 1 aliphatic rings. The molecule has 1 atom stereocenters. The lowest BCUT2D eigenvalue weighted by atomic mass is 10.2. The normalized spacial score (nSPS) is 17.3. The minimum absolute atomic E-state index is 0.0378. The number of hydrogen-bond donors (Lipinski definition) is 1. The Labute approximate surface area is 150 Å². The Kier molecular flexibility index (Phi) is 4.76. The molecule has 132 valence electrons. The van der Waals surface area contributed by atoms with Gasteiger partial charge in [0.05, 0.1) is 10.7 Å². The highest BCUT2D eigenvalue weighted by atomic mass is 35.5. The maximum atomic E-state index is 12.8. The Morgan fingerprint density at radius 2 is 2.04 bits per heavy atom. The molecule has 2 heterocycles. The first-order chi connectivity index (χ1) is 11.9. The van der Waals surface area contributed by atoms with Crippen LogP contribution in [0.15, 0.2) is 24.3 Å². The van der Waals surface area contributed by atoms with Crippen molar-refractivity contribution in [3.63, 3.8) is 0 Å². The molecule has 2 aromatic rings. The molecule has 0 spiro atoms. The monoisotopic (exact) mass is 361 g/mol. The standard InChI is InChI=1S/C17H20ClN5O2/c1-10(2)16-20-15(17(25)22-9-5-8-13(22)14(19)24)21-23(16)12-7-4-3-6-11(12)18/h3-4,6-7,10,13H,5,8-9H2,1-2H3,(H2,19,24)/t13-/m1/s1. The molecule has 0 unspecified atom stereocenters. The van der Waals surface area contributed by atoms with Crippen LogP contribution in [-0.4, -0.2) is 44.1 Å². The van der Waals surface area contributed by atoms with E-state index >= 15 is 0 Å². The summed E-state index contributed by atoms with van der Waals surface area (Å²) in [4.78, 5) is 30.2. The minimum atomic E-state index is -0.595. The van der Waals surface area contributed by atoms with E-state index < -0.39 is 11.9 Å². The number of primary amides is 1. The summed E-state index contributed by atoms with van der Waals surface area (Å²) in [5.41, 5.74) is 6.06. The SMILES string of the molecule is CC(C)c1nc(C(=O)N2CCC[C@@H]2C(N)=O)nn1-c1ccccc1Cl. The first-order valence-corrected chi connectivity index (χ1v) is 8.60. The molecule has 8 heteroatoms. The smallest absolute Gasteiger partial charge is 0.294 e. The van der Waals surface area contributed by atoms with Crippen LogP contribution in [0.2, 0.25) is 5.02 Å². The highest BCUT2D eigenvalue weighted by Crippen LogP contribution is 2.25. The molecular weight excluding hydrogens is 342 g/mol. The van der Waals surface area contributed by atoms with E-state index in [-0.39, 0.29) is 17.6 Å². The zero-order valence-corrected chi connectivity index (χ0v) is 14.9. The molecule has 0 saturated carbocycles. The summed E-state index contributed by atoms with van der Waals surface area (Å²) in [5.74, 6) is -0.159. The van der Waals surface area contributed by atoms with Gasteiger partial charge in [-0.25, -0.2) is 9.67 Å². The number of amides is 2. The molecule has 2 amide bonds. The van der Waals surface area contributed by atoms with E-state index in [0.29, 0.717) is 29.5 Å². The van der Waals surface area contributed by atoms with Gasteiger partial charge in [0.2, 0.25) is 11.7 Å². The van der Waals surface area contributed by atoms with Crippen molar-refractivity contribution >= 4 is 23.4 Å². The van der Waals surface area contributed by atoms with Gasteiger partial charge in [-0.1, -0.05) is 37.6 Å². The predicted molar refractivity (Wildman–Crippen MR) is 93.7 cm³/mol. The van der Waals surface area contributed by atoms with Crippen molar-refractivity contribution in [1.29, 1.82) is 0 Å². The number of nitrogens with two attached hydrogens (primary N) is 1. The molecule has 1 aromatic carbocycles. The van der Waals surface area contributed by atoms with Crippen molar-refractivity contribution in [2.75, 3.05) is 6.54 Å². The Bertz CT molecular complexity index is 817. The Hall–Kier alpha value is -2.41. The van der Waals surface area contributed by atoms with Gasteiger partial charge >= 0.3 is 0 Å². The molecular formula is C17H20ClN5O2. The fraction of sp³-hybridized carbons (Fsp3) is 0.412. The number of carbonyl (C=O) groups excluding carboxylic acids is 2. The summed E-state index contributed by atoms with van der Waals surface area (Å²) in [6, 6.07) is 6.65. The number of likely N-dealkylation sites (tertiary alicyclic amines) is 1. The van der Waals surface area contributed by atoms with Gasteiger partial charge < -0.3 is 10.6 Å². The van der Waals surface area contributed by atoms with Crippen molar-refractivity contribution in [3.05, 3.63) is 40.9 Å². The number of aromatic nitrogens is 3. The van der Waals surface area contributed by atoms with E-state index in [2.05, 4.69) is 10.1 Å². The van der Waals surface area contributed by atoms with Gasteiger partial charge in [-0.05, 0) is 25.0 Å². The second-order valence-corrected chi connectivity index (χ2v) is 6.78. The van der Waals surface area contributed by atoms with Crippen molar-refractivity contribution in [2.45, 2.75) is 38.6 Å². The molecule has 25 heavy (non-hydrogen) atoms. The van der Waals surface area contributed by atoms with Crippen molar-refractivity contribution in [1.82, 2.24) is 19.7 Å². The highest BCUT2D eigenvalue weighted by Gasteiger charge is 2.35. The number of nitrogens with zero attached hydrogens (tertiary/aromatic N) is 4. The number of rotatable bonds is 4. The first kappa shape index (κ1) is 17.4. The van der Waals surface area contributed by atoms with E-state index in [4.69, 9.17) is 17.3 Å². The van der Waals surface area contributed by atoms with Crippen LogP contribution in [0.1, 0.15) is 49.1 Å². The fourth-order valence-corrected chi connectivity index (χ4v) is 3.24. The number of hydrogen-bond acceptors (Lipinski definition) is 4. The number of benzene rings is 1. The predicted octanol–water partition coefficient (Wildman–Crippen LogP) is 2.13. The largest absolute Gasteiger partial charge is 0.368 e. The second-order valence-electron chi connectivity index (χ2n) is 6.37. The third-order valence-electron chi connectivity index (χ3n) is 4.26. The van der Waals surface area contributed by atoms with E-state index in [9.17, 15) is 9.59 Å². The summed E-state index contributed by atoms with van der Waals surface area (Å²) < 4.78 is 1.59. The maximum absolute atomic E-state index is 12.8. The summed E-state index contributed by atoms with van der Waals surface area (Å²) in [6.07, 6.45) is 1.31.